The standard InChI is InChI=1S/C17H13N3O2/c18-17(21)11-4-3-5-12(8-11)22-16-13-6-1-2-7-14(13)20-10-19-9-15(16)20/h1-10,16H,(H2,18,21). The van der Waals surface area contributed by atoms with Crippen molar-refractivity contribution in [2.24, 2.45) is 5.73 Å². The first-order valence-electron chi connectivity index (χ1n) is 6.92. The summed E-state index contributed by atoms with van der Waals surface area (Å²) in [5.41, 5.74) is 8.85. The van der Waals surface area contributed by atoms with E-state index in [0.29, 0.717) is 11.3 Å². The van der Waals surface area contributed by atoms with Gasteiger partial charge in [0.2, 0.25) is 5.91 Å². The maximum Gasteiger partial charge on any atom is 0.248 e. The fraction of sp³-hybridized carbons (Fsp3) is 0.0588. The fourth-order valence-electron chi connectivity index (χ4n) is 2.77. The maximum atomic E-state index is 11.3. The maximum absolute atomic E-state index is 11.3. The molecule has 1 amide bonds. The van der Waals surface area contributed by atoms with Gasteiger partial charge in [-0.2, -0.15) is 0 Å². The van der Waals surface area contributed by atoms with Crippen molar-refractivity contribution in [1.82, 2.24) is 9.55 Å². The summed E-state index contributed by atoms with van der Waals surface area (Å²) >= 11 is 0. The third kappa shape index (κ3) is 1.87. The van der Waals surface area contributed by atoms with Gasteiger partial charge in [0.25, 0.3) is 0 Å². The van der Waals surface area contributed by atoms with E-state index in [9.17, 15) is 4.79 Å². The van der Waals surface area contributed by atoms with Gasteiger partial charge in [-0.3, -0.25) is 9.36 Å². The Labute approximate surface area is 127 Å². The molecular formula is C17H13N3O2. The molecule has 0 fully saturated rings. The molecule has 0 aliphatic carbocycles. The first-order chi connectivity index (χ1) is 10.7. The molecule has 5 heteroatoms. The number of ether oxygens (including phenoxy) is 1. The van der Waals surface area contributed by atoms with Gasteiger partial charge < -0.3 is 10.5 Å². The molecule has 1 aliphatic heterocycles. The average Bonchev–Trinajstić information content (AvgIpc) is 3.11. The van der Waals surface area contributed by atoms with Crippen molar-refractivity contribution in [2.75, 3.05) is 0 Å². The topological polar surface area (TPSA) is 70.1 Å². The number of hydrogen-bond acceptors (Lipinski definition) is 3. The van der Waals surface area contributed by atoms with Crippen LogP contribution in [0.25, 0.3) is 5.69 Å². The van der Waals surface area contributed by atoms with Gasteiger partial charge in [-0.05, 0) is 24.3 Å². The van der Waals surface area contributed by atoms with Gasteiger partial charge in [0.1, 0.15) is 5.75 Å². The molecule has 0 spiro atoms. The molecule has 1 unspecified atom stereocenters. The second-order valence-electron chi connectivity index (χ2n) is 5.14. The highest BCUT2D eigenvalue weighted by molar-refractivity contribution is 5.93. The summed E-state index contributed by atoms with van der Waals surface area (Å²) in [5.74, 6) is 0.132. The van der Waals surface area contributed by atoms with Gasteiger partial charge >= 0.3 is 0 Å². The first-order valence-corrected chi connectivity index (χ1v) is 6.92. The molecule has 0 saturated carbocycles. The minimum atomic E-state index is -0.470. The van der Waals surface area contributed by atoms with Crippen LogP contribution >= 0.6 is 0 Å². The molecule has 0 radical (unpaired) electrons. The average molecular weight is 291 g/mol. The highest BCUT2D eigenvalue weighted by Crippen LogP contribution is 2.38. The van der Waals surface area contributed by atoms with E-state index in [1.807, 2.05) is 34.9 Å². The van der Waals surface area contributed by atoms with E-state index in [0.717, 1.165) is 16.9 Å². The zero-order valence-corrected chi connectivity index (χ0v) is 11.6. The molecule has 1 aromatic heterocycles. The van der Waals surface area contributed by atoms with Crippen LogP contribution in [0.4, 0.5) is 0 Å². The van der Waals surface area contributed by atoms with E-state index in [2.05, 4.69) is 4.98 Å². The number of aromatic nitrogens is 2. The van der Waals surface area contributed by atoms with Crippen molar-refractivity contribution >= 4 is 5.91 Å². The Bertz CT molecular complexity index is 870. The monoisotopic (exact) mass is 291 g/mol. The molecule has 22 heavy (non-hydrogen) atoms. The van der Waals surface area contributed by atoms with Gasteiger partial charge in [-0.15, -0.1) is 0 Å². The Morgan fingerprint density at radius 3 is 2.91 bits per heavy atom. The van der Waals surface area contributed by atoms with Gasteiger partial charge in [-0.1, -0.05) is 24.3 Å². The SMILES string of the molecule is NC(=O)c1cccc(OC2c3ccccc3-n3cncc32)c1. The second-order valence-corrected chi connectivity index (χ2v) is 5.14. The highest BCUT2D eigenvalue weighted by Gasteiger charge is 2.30. The Morgan fingerprint density at radius 1 is 1.18 bits per heavy atom. The molecule has 2 N–H and O–H groups in total. The number of benzene rings is 2. The van der Waals surface area contributed by atoms with Crippen LogP contribution in [-0.4, -0.2) is 15.5 Å². The number of hydrogen-bond donors (Lipinski definition) is 1. The van der Waals surface area contributed by atoms with Gasteiger partial charge in [-0.25, -0.2) is 4.98 Å². The molecule has 0 bridgehead atoms. The van der Waals surface area contributed by atoms with Gasteiger partial charge in [0.15, 0.2) is 6.10 Å². The summed E-state index contributed by atoms with van der Waals surface area (Å²) in [6.07, 6.45) is 3.32. The van der Waals surface area contributed by atoms with Crippen LogP contribution < -0.4 is 10.5 Å². The van der Waals surface area contributed by atoms with Crippen molar-refractivity contribution in [3.8, 4) is 11.4 Å². The van der Waals surface area contributed by atoms with Crippen LogP contribution in [0, 0.1) is 0 Å². The molecule has 1 aliphatic rings. The number of fused-ring (bicyclic) bond motifs is 3. The first kappa shape index (κ1) is 12.6. The van der Waals surface area contributed by atoms with E-state index in [-0.39, 0.29) is 6.10 Å². The second kappa shape index (κ2) is 4.73. The normalized spacial score (nSPS) is 15.2. The number of rotatable bonds is 3. The third-order valence-corrected chi connectivity index (χ3v) is 3.79. The van der Waals surface area contributed by atoms with Crippen molar-refractivity contribution in [2.45, 2.75) is 6.10 Å². The van der Waals surface area contributed by atoms with Crippen molar-refractivity contribution in [3.63, 3.8) is 0 Å². The largest absolute Gasteiger partial charge is 0.479 e. The van der Waals surface area contributed by atoms with E-state index in [1.165, 1.54) is 0 Å². The molecule has 0 saturated heterocycles. The van der Waals surface area contributed by atoms with Crippen LogP contribution in [0.5, 0.6) is 5.75 Å². The number of para-hydroxylation sites is 1. The van der Waals surface area contributed by atoms with Gasteiger partial charge in [0.05, 0.1) is 23.9 Å². The molecule has 5 nitrogen and oxygen atoms in total. The number of carbonyl (C=O) groups excluding carboxylic acids is 1. The number of imidazole rings is 1. The Kier molecular flexibility index (Phi) is 2.72. The zero-order valence-electron chi connectivity index (χ0n) is 11.6. The lowest BCUT2D eigenvalue weighted by Gasteiger charge is -2.15. The Hall–Kier alpha value is -3.08. The van der Waals surface area contributed by atoms with Crippen LogP contribution in [-0.2, 0) is 0 Å². The van der Waals surface area contributed by atoms with Crippen LogP contribution in [0.1, 0.15) is 27.7 Å². The molecular weight excluding hydrogens is 278 g/mol. The molecule has 4 rings (SSSR count). The summed E-state index contributed by atoms with van der Waals surface area (Å²) in [6, 6.07) is 14.9. The van der Waals surface area contributed by atoms with Crippen LogP contribution in [0.3, 0.4) is 0 Å². The fourth-order valence-corrected chi connectivity index (χ4v) is 2.77. The van der Waals surface area contributed by atoms with Crippen molar-refractivity contribution in [1.29, 1.82) is 0 Å². The predicted octanol–water partition coefficient (Wildman–Crippen LogP) is 2.45. The number of primary amides is 1. The Morgan fingerprint density at radius 2 is 2.05 bits per heavy atom. The molecule has 2 aromatic carbocycles. The Balaban J connectivity index is 1.75. The van der Waals surface area contributed by atoms with E-state index in [1.54, 1.807) is 30.7 Å². The lowest BCUT2D eigenvalue weighted by molar-refractivity contribution is 0.0999. The molecule has 2 heterocycles. The zero-order chi connectivity index (χ0) is 15.1. The lowest BCUT2D eigenvalue weighted by atomic mass is 10.1. The molecule has 3 aromatic rings. The lowest BCUT2D eigenvalue weighted by Crippen LogP contribution is -2.11. The van der Waals surface area contributed by atoms with Crippen molar-refractivity contribution in [3.05, 3.63) is 77.9 Å². The smallest absolute Gasteiger partial charge is 0.248 e. The van der Waals surface area contributed by atoms with E-state index in [4.69, 9.17) is 10.5 Å². The number of carbonyl (C=O) groups is 1. The van der Waals surface area contributed by atoms with Crippen molar-refractivity contribution < 1.29 is 9.53 Å². The third-order valence-electron chi connectivity index (χ3n) is 3.79. The molecule has 1 atom stereocenters. The van der Waals surface area contributed by atoms with Crippen LogP contribution in [0.2, 0.25) is 0 Å². The number of amides is 1. The molecule has 108 valence electrons. The van der Waals surface area contributed by atoms with Gasteiger partial charge in [0, 0.05) is 11.1 Å². The minimum absolute atomic E-state index is 0.248. The van der Waals surface area contributed by atoms with Crippen LogP contribution in [0.15, 0.2) is 61.1 Å². The summed E-state index contributed by atoms with van der Waals surface area (Å²) in [4.78, 5) is 15.5. The summed E-state index contributed by atoms with van der Waals surface area (Å²) < 4.78 is 8.12. The predicted molar refractivity (Wildman–Crippen MR) is 81.0 cm³/mol. The quantitative estimate of drug-likeness (QED) is 0.805. The highest BCUT2D eigenvalue weighted by atomic mass is 16.5. The number of nitrogens with two attached hydrogens (primary N) is 1. The summed E-state index contributed by atoms with van der Waals surface area (Å²) in [7, 11) is 0. The summed E-state index contributed by atoms with van der Waals surface area (Å²) in [6.45, 7) is 0. The minimum Gasteiger partial charge on any atom is -0.479 e. The van der Waals surface area contributed by atoms with E-state index >= 15 is 0 Å². The summed E-state index contributed by atoms with van der Waals surface area (Å²) in [5, 5.41) is 0. The number of nitrogens with zero attached hydrogens (tertiary/aromatic N) is 2. The van der Waals surface area contributed by atoms with E-state index < -0.39 is 5.91 Å².